The maximum absolute atomic E-state index is 11.7. The van der Waals surface area contributed by atoms with Crippen molar-refractivity contribution < 1.29 is 19.3 Å². The molecule has 0 saturated carbocycles. The first kappa shape index (κ1) is 25.6. The molecule has 1 aliphatic rings. The van der Waals surface area contributed by atoms with Gasteiger partial charge >= 0.3 is 5.97 Å². The fraction of sp³-hybridized carbons (Fsp3) is 0.720. The number of rotatable bonds is 11. The SMILES string of the molecule is COC(=O)[C@@H](C)[C@@H]1CC[C@](C)(CC/C=C(\C)CC/C=C(\C)CCC=C(C)C)OO1. The lowest BCUT2D eigenvalue weighted by Gasteiger charge is -2.37. The van der Waals surface area contributed by atoms with Gasteiger partial charge in [-0.05, 0) is 92.9 Å². The third-order valence-electron chi connectivity index (χ3n) is 5.75. The minimum absolute atomic E-state index is 0.223. The largest absolute Gasteiger partial charge is 0.469 e. The van der Waals surface area contributed by atoms with Crippen molar-refractivity contribution in [2.75, 3.05) is 7.11 Å². The van der Waals surface area contributed by atoms with E-state index < -0.39 is 0 Å². The normalized spacial score (nSPS) is 24.2. The summed E-state index contributed by atoms with van der Waals surface area (Å²) in [5.41, 5.74) is 4.01. The van der Waals surface area contributed by atoms with Gasteiger partial charge in [-0.1, -0.05) is 34.9 Å². The van der Waals surface area contributed by atoms with Gasteiger partial charge in [-0.3, -0.25) is 4.79 Å². The zero-order valence-corrected chi connectivity index (χ0v) is 19.7. The van der Waals surface area contributed by atoms with Crippen LogP contribution in [-0.2, 0) is 19.3 Å². The zero-order valence-electron chi connectivity index (χ0n) is 19.7. The lowest BCUT2D eigenvalue weighted by atomic mass is 9.88. The molecule has 166 valence electrons. The van der Waals surface area contributed by atoms with Gasteiger partial charge in [0.1, 0.15) is 11.7 Å². The molecule has 0 aromatic rings. The number of allylic oxidation sites excluding steroid dienone is 6. The van der Waals surface area contributed by atoms with Crippen molar-refractivity contribution in [3.8, 4) is 0 Å². The van der Waals surface area contributed by atoms with E-state index in [4.69, 9.17) is 14.5 Å². The second-order valence-electron chi connectivity index (χ2n) is 9.02. The van der Waals surface area contributed by atoms with Crippen LogP contribution < -0.4 is 0 Å². The average molecular weight is 407 g/mol. The molecule has 0 aromatic carbocycles. The number of carbonyl (C=O) groups is 1. The molecule has 3 atom stereocenters. The number of esters is 1. The summed E-state index contributed by atoms with van der Waals surface area (Å²) in [4.78, 5) is 22.9. The van der Waals surface area contributed by atoms with E-state index in [0.29, 0.717) is 0 Å². The Hall–Kier alpha value is -1.39. The van der Waals surface area contributed by atoms with Gasteiger partial charge < -0.3 is 4.74 Å². The van der Waals surface area contributed by atoms with Crippen LogP contribution in [0.1, 0.15) is 92.9 Å². The molecule has 0 N–H and O–H groups in total. The van der Waals surface area contributed by atoms with Crippen LogP contribution in [0.3, 0.4) is 0 Å². The van der Waals surface area contributed by atoms with Crippen LogP contribution in [-0.4, -0.2) is 24.8 Å². The summed E-state index contributed by atoms with van der Waals surface area (Å²) in [7, 11) is 1.41. The van der Waals surface area contributed by atoms with Crippen molar-refractivity contribution >= 4 is 5.97 Å². The molecule has 1 aliphatic heterocycles. The highest BCUT2D eigenvalue weighted by atomic mass is 17.2. The molecule has 0 aromatic heterocycles. The van der Waals surface area contributed by atoms with Gasteiger partial charge in [0.2, 0.25) is 0 Å². The highest BCUT2D eigenvalue weighted by Gasteiger charge is 2.37. The first-order valence-electron chi connectivity index (χ1n) is 11.0. The third kappa shape index (κ3) is 10.3. The zero-order chi connectivity index (χ0) is 21.9. The van der Waals surface area contributed by atoms with Gasteiger partial charge in [0.05, 0.1) is 13.0 Å². The van der Waals surface area contributed by atoms with Crippen LogP contribution in [0.15, 0.2) is 34.9 Å². The Labute approximate surface area is 178 Å². The summed E-state index contributed by atoms with van der Waals surface area (Å²) in [5.74, 6) is -0.549. The Morgan fingerprint density at radius 2 is 1.66 bits per heavy atom. The maximum Gasteiger partial charge on any atom is 0.311 e. The third-order valence-corrected chi connectivity index (χ3v) is 5.75. The Bertz CT molecular complexity index is 588. The lowest BCUT2D eigenvalue weighted by Crippen LogP contribution is -2.41. The lowest BCUT2D eigenvalue weighted by molar-refractivity contribution is -0.411. The standard InChI is InChI=1S/C25H42O4/c1-19(2)11-8-12-20(3)13-9-14-21(4)15-10-17-25(6)18-16-23(28-29-25)22(5)24(26)27-7/h11,13,15,22-23H,8-10,12,14,16-18H2,1-7H3/b20-13+,21-15+/t22-,23-,25-/m0/s1. The molecule has 29 heavy (non-hydrogen) atoms. The Balaban J connectivity index is 2.32. The fourth-order valence-corrected chi connectivity index (χ4v) is 3.52. The van der Waals surface area contributed by atoms with Crippen LogP contribution in [0.5, 0.6) is 0 Å². The summed E-state index contributed by atoms with van der Waals surface area (Å²) in [6.07, 6.45) is 14.9. The Morgan fingerprint density at radius 1 is 1.07 bits per heavy atom. The van der Waals surface area contributed by atoms with E-state index in [1.165, 1.54) is 23.8 Å². The molecule has 0 spiro atoms. The number of methoxy groups -OCH3 is 1. The predicted octanol–water partition coefficient (Wildman–Crippen LogP) is 6.86. The first-order chi connectivity index (χ1) is 13.7. The summed E-state index contributed by atoms with van der Waals surface area (Å²) < 4.78 is 4.80. The molecule has 4 heteroatoms. The van der Waals surface area contributed by atoms with E-state index in [1.54, 1.807) is 0 Å². The van der Waals surface area contributed by atoms with Crippen molar-refractivity contribution in [1.29, 1.82) is 0 Å². The van der Waals surface area contributed by atoms with Crippen molar-refractivity contribution in [3.63, 3.8) is 0 Å². The predicted molar refractivity (Wildman–Crippen MR) is 119 cm³/mol. The quantitative estimate of drug-likeness (QED) is 0.213. The molecule has 1 fully saturated rings. The van der Waals surface area contributed by atoms with Crippen molar-refractivity contribution in [3.05, 3.63) is 34.9 Å². The first-order valence-corrected chi connectivity index (χ1v) is 11.0. The van der Waals surface area contributed by atoms with Crippen molar-refractivity contribution in [2.45, 2.75) is 105 Å². The maximum atomic E-state index is 11.7. The van der Waals surface area contributed by atoms with Crippen LogP contribution in [0.4, 0.5) is 0 Å². The second kappa shape index (κ2) is 13.0. The van der Waals surface area contributed by atoms with Gasteiger partial charge in [0.25, 0.3) is 0 Å². The van der Waals surface area contributed by atoms with E-state index in [-0.39, 0.29) is 23.6 Å². The highest BCUT2D eigenvalue weighted by Crippen LogP contribution is 2.33. The Morgan fingerprint density at radius 3 is 2.17 bits per heavy atom. The van der Waals surface area contributed by atoms with Gasteiger partial charge in [-0.2, -0.15) is 0 Å². The molecule has 4 nitrogen and oxygen atoms in total. The van der Waals surface area contributed by atoms with Crippen LogP contribution in [0.25, 0.3) is 0 Å². The van der Waals surface area contributed by atoms with Gasteiger partial charge in [-0.15, -0.1) is 0 Å². The molecule has 1 saturated heterocycles. The van der Waals surface area contributed by atoms with Crippen LogP contribution in [0, 0.1) is 5.92 Å². The van der Waals surface area contributed by atoms with Gasteiger partial charge in [0, 0.05) is 0 Å². The van der Waals surface area contributed by atoms with E-state index in [9.17, 15) is 4.79 Å². The number of hydrogen-bond acceptors (Lipinski definition) is 4. The average Bonchev–Trinajstić information content (AvgIpc) is 2.67. The van der Waals surface area contributed by atoms with E-state index in [1.807, 2.05) is 6.92 Å². The molecule has 1 rings (SSSR count). The minimum Gasteiger partial charge on any atom is -0.469 e. The highest BCUT2D eigenvalue weighted by molar-refractivity contribution is 5.72. The molecular weight excluding hydrogens is 364 g/mol. The minimum atomic E-state index is -0.301. The van der Waals surface area contributed by atoms with Crippen LogP contribution >= 0.6 is 0 Å². The topological polar surface area (TPSA) is 44.8 Å². The van der Waals surface area contributed by atoms with E-state index in [2.05, 4.69) is 52.8 Å². The molecule has 0 radical (unpaired) electrons. The van der Waals surface area contributed by atoms with E-state index >= 15 is 0 Å². The molecule has 0 amide bonds. The molecule has 1 heterocycles. The number of hydrogen-bond donors (Lipinski definition) is 0. The summed E-state index contributed by atoms with van der Waals surface area (Å²) >= 11 is 0. The van der Waals surface area contributed by atoms with Gasteiger partial charge in [0.15, 0.2) is 0 Å². The fourth-order valence-electron chi connectivity index (χ4n) is 3.52. The molecule has 0 aliphatic carbocycles. The molecule has 0 bridgehead atoms. The number of carbonyl (C=O) groups excluding carboxylic acids is 1. The van der Waals surface area contributed by atoms with Crippen molar-refractivity contribution in [2.24, 2.45) is 5.92 Å². The summed E-state index contributed by atoms with van der Waals surface area (Å²) in [5, 5.41) is 0. The molecule has 0 unspecified atom stereocenters. The smallest absolute Gasteiger partial charge is 0.311 e. The van der Waals surface area contributed by atoms with Gasteiger partial charge in [-0.25, -0.2) is 9.78 Å². The summed E-state index contributed by atoms with van der Waals surface area (Å²) in [6.45, 7) is 12.7. The van der Waals surface area contributed by atoms with Crippen LogP contribution in [0.2, 0.25) is 0 Å². The summed E-state index contributed by atoms with van der Waals surface area (Å²) in [6, 6.07) is 0. The van der Waals surface area contributed by atoms with E-state index in [0.717, 1.165) is 51.4 Å². The van der Waals surface area contributed by atoms with Crippen molar-refractivity contribution in [1.82, 2.24) is 0 Å². The monoisotopic (exact) mass is 406 g/mol. The molecular formula is C25H42O4. The number of ether oxygens (including phenoxy) is 1. The Kier molecular flexibility index (Phi) is 11.5. The second-order valence-corrected chi connectivity index (χ2v) is 9.02.